The number of anilines is 2. The van der Waals surface area contributed by atoms with Crippen LogP contribution in [0.15, 0.2) is 66.0 Å². The van der Waals surface area contributed by atoms with Crippen molar-refractivity contribution in [2.45, 2.75) is 6.54 Å². The molecule has 1 N–H and O–H groups in total. The number of carbonyl (C=O) groups excluding carboxylic acids is 3. The highest BCUT2D eigenvalue weighted by molar-refractivity contribution is 7.12. The van der Waals surface area contributed by atoms with E-state index in [1.54, 1.807) is 37.4 Å². The molecule has 3 aromatic rings. The van der Waals surface area contributed by atoms with Crippen molar-refractivity contribution in [1.29, 1.82) is 0 Å². The van der Waals surface area contributed by atoms with Crippen molar-refractivity contribution in [2.24, 2.45) is 0 Å². The normalized spacial score (nSPS) is 10.3. The topological polar surface area (TPSA) is 79.0 Å². The van der Waals surface area contributed by atoms with Gasteiger partial charge >= 0.3 is 5.97 Å². The standard InChI is InChI=1S/C24H25N3O4S/c1-26(2)20-11-9-17(10-12-20)15-27(3)22(28)16-31-24(30)18-6-4-7-19(14-18)25-23(29)21-8-5-13-32-21/h4-14H,15-16H2,1-3H3,(H,25,29). The third-order valence-electron chi connectivity index (χ3n) is 4.73. The summed E-state index contributed by atoms with van der Waals surface area (Å²) in [6, 6.07) is 17.8. The zero-order valence-electron chi connectivity index (χ0n) is 18.2. The van der Waals surface area contributed by atoms with Crippen LogP contribution in [0, 0.1) is 0 Å². The van der Waals surface area contributed by atoms with E-state index in [0.29, 0.717) is 17.1 Å². The van der Waals surface area contributed by atoms with E-state index in [9.17, 15) is 14.4 Å². The molecule has 0 atom stereocenters. The molecule has 0 aliphatic heterocycles. The Morgan fingerprint density at radius 3 is 2.38 bits per heavy atom. The Labute approximate surface area is 191 Å². The molecule has 2 amide bonds. The van der Waals surface area contributed by atoms with E-state index in [-0.39, 0.29) is 24.0 Å². The fourth-order valence-electron chi connectivity index (χ4n) is 2.91. The highest BCUT2D eigenvalue weighted by Crippen LogP contribution is 2.16. The summed E-state index contributed by atoms with van der Waals surface area (Å²) < 4.78 is 5.18. The molecule has 2 aromatic carbocycles. The second-order valence-electron chi connectivity index (χ2n) is 7.40. The largest absolute Gasteiger partial charge is 0.452 e. The third kappa shape index (κ3) is 6.18. The highest BCUT2D eigenvalue weighted by atomic mass is 32.1. The van der Waals surface area contributed by atoms with Gasteiger partial charge in [-0.1, -0.05) is 24.3 Å². The number of nitrogens with one attached hydrogen (secondary N) is 1. The Balaban J connectivity index is 1.52. The van der Waals surface area contributed by atoms with E-state index in [2.05, 4.69) is 5.32 Å². The molecule has 1 heterocycles. The Morgan fingerprint density at radius 1 is 0.969 bits per heavy atom. The molecule has 0 radical (unpaired) electrons. The van der Waals surface area contributed by atoms with Gasteiger partial charge in [0.05, 0.1) is 10.4 Å². The molecule has 8 heteroatoms. The first kappa shape index (κ1) is 23.0. The van der Waals surface area contributed by atoms with Gasteiger partial charge in [-0.2, -0.15) is 0 Å². The van der Waals surface area contributed by atoms with Gasteiger partial charge in [0.1, 0.15) is 0 Å². The Hall–Kier alpha value is -3.65. The number of ether oxygens (including phenoxy) is 1. The van der Waals surface area contributed by atoms with Crippen molar-refractivity contribution < 1.29 is 19.1 Å². The average molecular weight is 452 g/mol. The number of esters is 1. The molecular formula is C24H25N3O4S. The van der Waals surface area contributed by atoms with Gasteiger partial charge in [0.15, 0.2) is 6.61 Å². The highest BCUT2D eigenvalue weighted by Gasteiger charge is 2.15. The van der Waals surface area contributed by atoms with Gasteiger partial charge in [0.25, 0.3) is 11.8 Å². The number of amides is 2. The number of carbonyl (C=O) groups is 3. The van der Waals surface area contributed by atoms with E-state index in [4.69, 9.17) is 4.74 Å². The van der Waals surface area contributed by atoms with E-state index >= 15 is 0 Å². The summed E-state index contributed by atoms with van der Waals surface area (Å²) in [6.45, 7) is 0.0469. The molecule has 0 spiro atoms. The Bertz CT molecular complexity index is 1080. The van der Waals surface area contributed by atoms with Crippen LogP contribution in [0.1, 0.15) is 25.6 Å². The third-order valence-corrected chi connectivity index (χ3v) is 5.59. The lowest BCUT2D eigenvalue weighted by Crippen LogP contribution is -2.30. The Kier molecular flexibility index (Phi) is 7.62. The molecule has 166 valence electrons. The maximum absolute atomic E-state index is 12.4. The molecule has 0 bridgehead atoms. The second kappa shape index (κ2) is 10.6. The number of nitrogens with zero attached hydrogens (tertiary/aromatic N) is 2. The lowest BCUT2D eigenvalue weighted by atomic mass is 10.2. The summed E-state index contributed by atoms with van der Waals surface area (Å²) in [4.78, 5) is 41.0. The SMILES string of the molecule is CN(Cc1ccc(N(C)C)cc1)C(=O)COC(=O)c1cccc(NC(=O)c2cccs2)c1. The summed E-state index contributed by atoms with van der Waals surface area (Å²) in [7, 11) is 5.59. The maximum Gasteiger partial charge on any atom is 0.338 e. The van der Waals surface area contributed by atoms with Crippen LogP contribution >= 0.6 is 11.3 Å². The van der Waals surface area contributed by atoms with Crippen LogP contribution in [-0.4, -0.2) is 50.4 Å². The molecule has 32 heavy (non-hydrogen) atoms. The molecule has 0 saturated heterocycles. The van der Waals surface area contributed by atoms with Crippen LogP contribution in [0.5, 0.6) is 0 Å². The minimum atomic E-state index is -0.630. The lowest BCUT2D eigenvalue weighted by Gasteiger charge is -2.18. The zero-order valence-corrected chi connectivity index (χ0v) is 19.0. The maximum atomic E-state index is 12.4. The van der Waals surface area contributed by atoms with Crippen molar-refractivity contribution >= 4 is 40.5 Å². The van der Waals surface area contributed by atoms with Gasteiger partial charge in [-0.15, -0.1) is 11.3 Å². The van der Waals surface area contributed by atoms with Crippen molar-refractivity contribution in [3.63, 3.8) is 0 Å². The van der Waals surface area contributed by atoms with Crippen molar-refractivity contribution in [2.75, 3.05) is 38.0 Å². The number of rotatable bonds is 8. The van der Waals surface area contributed by atoms with Crippen LogP contribution < -0.4 is 10.2 Å². The van der Waals surface area contributed by atoms with Gasteiger partial charge in [0.2, 0.25) is 0 Å². The second-order valence-corrected chi connectivity index (χ2v) is 8.35. The van der Waals surface area contributed by atoms with Crippen LogP contribution in [0.2, 0.25) is 0 Å². The monoisotopic (exact) mass is 451 g/mol. The molecular weight excluding hydrogens is 426 g/mol. The summed E-state index contributed by atoms with van der Waals surface area (Å²) in [5, 5.41) is 4.56. The number of hydrogen-bond donors (Lipinski definition) is 1. The van der Waals surface area contributed by atoms with Gasteiger partial charge in [0, 0.05) is 39.1 Å². The molecule has 7 nitrogen and oxygen atoms in total. The smallest absolute Gasteiger partial charge is 0.338 e. The minimum absolute atomic E-state index is 0.249. The van der Waals surface area contributed by atoms with Crippen LogP contribution in [0.25, 0.3) is 0 Å². The average Bonchev–Trinajstić information content (AvgIpc) is 3.33. The summed E-state index contributed by atoms with van der Waals surface area (Å²) in [5.41, 5.74) is 2.78. The van der Waals surface area contributed by atoms with Crippen LogP contribution in [0.3, 0.4) is 0 Å². The van der Waals surface area contributed by atoms with Crippen molar-refractivity contribution in [1.82, 2.24) is 4.90 Å². The molecule has 1 aromatic heterocycles. The first-order valence-corrected chi connectivity index (χ1v) is 10.8. The predicted octanol–water partition coefficient (Wildman–Crippen LogP) is 3.88. The van der Waals surface area contributed by atoms with Gasteiger partial charge in [-0.05, 0) is 47.3 Å². The van der Waals surface area contributed by atoms with E-state index in [1.807, 2.05) is 48.6 Å². The van der Waals surface area contributed by atoms with Gasteiger partial charge in [-0.3, -0.25) is 9.59 Å². The zero-order chi connectivity index (χ0) is 23.1. The summed E-state index contributed by atoms with van der Waals surface area (Å²) in [6.07, 6.45) is 0. The number of thiophene rings is 1. The molecule has 3 rings (SSSR count). The summed E-state index contributed by atoms with van der Waals surface area (Å²) in [5.74, 6) is -1.19. The fraction of sp³-hybridized carbons (Fsp3) is 0.208. The predicted molar refractivity (Wildman–Crippen MR) is 126 cm³/mol. The Morgan fingerprint density at radius 2 is 1.72 bits per heavy atom. The molecule has 0 aliphatic carbocycles. The van der Waals surface area contributed by atoms with Gasteiger partial charge in [-0.25, -0.2) is 4.79 Å². The minimum Gasteiger partial charge on any atom is -0.452 e. The van der Waals surface area contributed by atoms with Crippen molar-refractivity contribution in [3.05, 3.63) is 82.0 Å². The number of hydrogen-bond acceptors (Lipinski definition) is 6. The van der Waals surface area contributed by atoms with Crippen LogP contribution in [0.4, 0.5) is 11.4 Å². The molecule has 0 saturated carbocycles. The summed E-state index contributed by atoms with van der Waals surface area (Å²) >= 11 is 1.33. The van der Waals surface area contributed by atoms with Crippen molar-refractivity contribution in [3.8, 4) is 0 Å². The fourth-order valence-corrected chi connectivity index (χ4v) is 3.53. The molecule has 0 unspecified atom stereocenters. The number of benzene rings is 2. The van der Waals surface area contributed by atoms with Crippen LogP contribution in [-0.2, 0) is 16.1 Å². The molecule has 0 aliphatic rings. The van der Waals surface area contributed by atoms with Gasteiger partial charge < -0.3 is 19.9 Å². The quantitative estimate of drug-likeness (QED) is 0.526. The number of likely N-dealkylation sites (N-methyl/N-ethyl adjacent to an activating group) is 1. The lowest BCUT2D eigenvalue weighted by molar-refractivity contribution is -0.133. The molecule has 0 fully saturated rings. The first-order chi connectivity index (χ1) is 15.3. The van der Waals surface area contributed by atoms with E-state index < -0.39 is 5.97 Å². The first-order valence-electron chi connectivity index (χ1n) is 9.96. The van der Waals surface area contributed by atoms with E-state index in [1.165, 1.54) is 22.3 Å². The van der Waals surface area contributed by atoms with E-state index in [0.717, 1.165) is 11.3 Å².